The lowest BCUT2D eigenvalue weighted by Crippen LogP contribution is -2.19. The number of pyridine rings is 1. The number of rotatable bonds is 6. The maximum Gasteiger partial charge on any atom is 0.229 e. The van der Waals surface area contributed by atoms with Gasteiger partial charge in [-0.1, -0.05) is 13.8 Å². The quantitative estimate of drug-likeness (QED) is 0.493. The number of hydrogen-bond acceptors (Lipinski definition) is 5. The minimum atomic E-state index is -0.312. The predicted molar refractivity (Wildman–Crippen MR) is 122 cm³/mol. The summed E-state index contributed by atoms with van der Waals surface area (Å²) in [6, 6.07) is 12.1. The van der Waals surface area contributed by atoms with E-state index in [1.807, 2.05) is 50.7 Å². The molecular weight excluding hydrogens is 407 g/mol. The van der Waals surface area contributed by atoms with Crippen LogP contribution in [0, 0.1) is 11.7 Å². The first-order valence-corrected chi connectivity index (χ1v) is 10.4. The zero-order chi connectivity index (χ0) is 22.8. The van der Waals surface area contributed by atoms with Gasteiger partial charge in [-0.2, -0.15) is 0 Å². The molecule has 4 aromatic rings. The molecule has 1 N–H and O–H groups in total. The predicted octanol–water partition coefficient (Wildman–Crippen LogP) is 4.25. The second-order valence-electron chi connectivity index (χ2n) is 8.23. The first-order chi connectivity index (χ1) is 15.3. The fraction of sp³-hybridized carbons (Fsp3) is 0.250. The zero-order valence-electron chi connectivity index (χ0n) is 18.5. The van der Waals surface area contributed by atoms with Crippen molar-refractivity contribution in [2.75, 3.05) is 19.4 Å². The summed E-state index contributed by atoms with van der Waals surface area (Å²) in [5, 5.41) is 2.74. The van der Waals surface area contributed by atoms with Crippen LogP contribution in [0.1, 0.15) is 19.4 Å². The monoisotopic (exact) mass is 432 g/mol. The molecule has 0 saturated heterocycles. The van der Waals surface area contributed by atoms with Gasteiger partial charge in [-0.25, -0.2) is 19.3 Å². The van der Waals surface area contributed by atoms with Gasteiger partial charge in [0, 0.05) is 30.4 Å². The van der Waals surface area contributed by atoms with Gasteiger partial charge in [-0.3, -0.25) is 14.5 Å². The maximum absolute atomic E-state index is 13.6. The fourth-order valence-electron chi connectivity index (χ4n) is 3.41. The molecule has 0 unspecified atom stereocenters. The number of aromatic nitrogens is 4. The van der Waals surface area contributed by atoms with E-state index in [9.17, 15) is 9.18 Å². The van der Waals surface area contributed by atoms with Crippen molar-refractivity contribution in [3.63, 3.8) is 0 Å². The molecule has 0 atom stereocenters. The number of amides is 1. The van der Waals surface area contributed by atoms with E-state index < -0.39 is 0 Å². The molecule has 8 heteroatoms. The molecular formula is C24H25FN6O. The van der Waals surface area contributed by atoms with Gasteiger partial charge in [0.25, 0.3) is 0 Å². The van der Waals surface area contributed by atoms with Crippen LogP contribution >= 0.6 is 0 Å². The molecule has 164 valence electrons. The molecule has 7 nitrogen and oxygen atoms in total. The maximum atomic E-state index is 13.6. The lowest BCUT2D eigenvalue weighted by molar-refractivity contribution is -0.118. The minimum Gasteiger partial charge on any atom is -0.305 e. The molecule has 0 bridgehead atoms. The SMILES string of the molecule is CC(C)C(=O)Nc1nccc(-c2c(-c3ccc(F)cc3)nc3cc(CN(C)C)ccn23)n1. The van der Waals surface area contributed by atoms with E-state index in [-0.39, 0.29) is 23.6 Å². The van der Waals surface area contributed by atoms with Crippen molar-refractivity contribution in [2.45, 2.75) is 20.4 Å². The Balaban J connectivity index is 1.87. The first-order valence-electron chi connectivity index (χ1n) is 10.4. The summed E-state index contributed by atoms with van der Waals surface area (Å²) in [7, 11) is 4.03. The van der Waals surface area contributed by atoms with Crippen LogP contribution in [-0.4, -0.2) is 44.3 Å². The van der Waals surface area contributed by atoms with Crippen LogP contribution in [0.15, 0.2) is 54.9 Å². The van der Waals surface area contributed by atoms with Gasteiger partial charge in [0.15, 0.2) is 0 Å². The second-order valence-corrected chi connectivity index (χ2v) is 8.23. The summed E-state index contributed by atoms with van der Waals surface area (Å²) in [6.07, 6.45) is 3.56. The van der Waals surface area contributed by atoms with E-state index in [0.29, 0.717) is 11.4 Å². The average Bonchev–Trinajstić information content (AvgIpc) is 3.12. The third kappa shape index (κ3) is 4.50. The minimum absolute atomic E-state index is 0.160. The summed E-state index contributed by atoms with van der Waals surface area (Å²) in [4.78, 5) is 27.8. The standard InChI is InChI=1S/C24H25FN6O/c1-15(2)23(32)29-24-26-11-9-19(27-24)22-21(17-5-7-18(25)8-6-17)28-20-13-16(14-30(3)4)10-12-31(20)22/h5-13,15H,14H2,1-4H3,(H,26,27,29,32). The van der Waals surface area contributed by atoms with Crippen LogP contribution in [0.25, 0.3) is 28.3 Å². The summed E-state index contributed by atoms with van der Waals surface area (Å²) < 4.78 is 15.5. The van der Waals surface area contributed by atoms with E-state index in [0.717, 1.165) is 29.0 Å². The van der Waals surface area contributed by atoms with Crippen molar-refractivity contribution in [3.05, 3.63) is 66.2 Å². The second kappa shape index (κ2) is 8.84. The van der Waals surface area contributed by atoms with Gasteiger partial charge in [0.05, 0.1) is 17.1 Å². The Kier molecular flexibility index (Phi) is 5.96. The number of carbonyl (C=O) groups is 1. The van der Waals surface area contributed by atoms with Crippen LogP contribution in [0.2, 0.25) is 0 Å². The summed E-state index contributed by atoms with van der Waals surface area (Å²) in [5.41, 5.74) is 4.66. The summed E-state index contributed by atoms with van der Waals surface area (Å²) >= 11 is 0. The van der Waals surface area contributed by atoms with E-state index in [1.54, 1.807) is 24.4 Å². The summed E-state index contributed by atoms with van der Waals surface area (Å²) in [5.74, 6) is -0.436. The molecule has 1 aromatic carbocycles. The highest BCUT2D eigenvalue weighted by Crippen LogP contribution is 2.32. The van der Waals surface area contributed by atoms with Crippen molar-refractivity contribution < 1.29 is 9.18 Å². The lowest BCUT2D eigenvalue weighted by Gasteiger charge is -2.11. The topological polar surface area (TPSA) is 75.4 Å². The first kappa shape index (κ1) is 21.6. The number of anilines is 1. The number of fused-ring (bicyclic) bond motifs is 1. The summed E-state index contributed by atoms with van der Waals surface area (Å²) in [6.45, 7) is 4.40. The third-order valence-electron chi connectivity index (χ3n) is 4.96. The largest absolute Gasteiger partial charge is 0.305 e. The molecule has 0 fully saturated rings. The van der Waals surface area contributed by atoms with Crippen LogP contribution in [0.5, 0.6) is 0 Å². The Morgan fingerprint density at radius 3 is 2.56 bits per heavy atom. The van der Waals surface area contributed by atoms with Crippen LogP contribution in [0.3, 0.4) is 0 Å². The molecule has 0 spiro atoms. The highest BCUT2D eigenvalue weighted by molar-refractivity contribution is 5.90. The molecule has 0 radical (unpaired) electrons. The normalized spacial score (nSPS) is 11.5. The molecule has 32 heavy (non-hydrogen) atoms. The van der Waals surface area contributed by atoms with E-state index in [1.165, 1.54) is 12.1 Å². The van der Waals surface area contributed by atoms with Crippen molar-refractivity contribution >= 4 is 17.5 Å². The Hall–Kier alpha value is -3.65. The zero-order valence-corrected chi connectivity index (χ0v) is 18.5. The van der Waals surface area contributed by atoms with Crippen LogP contribution in [0.4, 0.5) is 10.3 Å². The number of halogens is 1. The Morgan fingerprint density at radius 1 is 1.12 bits per heavy atom. The lowest BCUT2D eigenvalue weighted by atomic mass is 10.1. The molecule has 3 aromatic heterocycles. The van der Waals surface area contributed by atoms with Crippen molar-refractivity contribution in [1.82, 2.24) is 24.3 Å². The smallest absolute Gasteiger partial charge is 0.229 e. The number of nitrogens with zero attached hydrogens (tertiary/aromatic N) is 5. The molecule has 0 saturated carbocycles. The van der Waals surface area contributed by atoms with Gasteiger partial charge in [0.2, 0.25) is 11.9 Å². The number of carbonyl (C=O) groups excluding carboxylic acids is 1. The van der Waals surface area contributed by atoms with Gasteiger partial charge in [-0.05, 0) is 62.1 Å². The Labute approximate surface area is 186 Å². The number of hydrogen-bond donors (Lipinski definition) is 1. The van der Waals surface area contributed by atoms with E-state index in [4.69, 9.17) is 4.98 Å². The van der Waals surface area contributed by atoms with Gasteiger partial charge in [0.1, 0.15) is 11.5 Å². The van der Waals surface area contributed by atoms with Crippen LogP contribution < -0.4 is 5.32 Å². The molecule has 0 aliphatic carbocycles. The van der Waals surface area contributed by atoms with Crippen molar-refractivity contribution in [2.24, 2.45) is 5.92 Å². The van der Waals surface area contributed by atoms with Crippen molar-refractivity contribution in [1.29, 1.82) is 0 Å². The van der Waals surface area contributed by atoms with E-state index in [2.05, 4.69) is 20.2 Å². The van der Waals surface area contributed by atoms with Crippen LogP contribution in [-0.2, 0) is 11.3 Å². The molecule has 1 amide bonds. The van der Waals surface area contributed by atoms with Crippen molar-refractivity contribution in [3.8, 4) is 22.6 Å². The Bertz CT molecular complexity index is 1260. The molecule has 0 aliphatic rings. The van der Waals surface area contributed by atoms with E-state index >= 15 is 0 Å². The highest BCUT2D eigenvalue weighted by atomic mass is 19.1. The highest BCUT2D eigenvalue weighted by Gasteiger charge is 2.19. The van der Waals surface area contributed by atoms with Gasteiger partial charge < -0.3 is 4.90 Å². The third-order valence-corrected chi connectivity index (χ3v) is 4.96. The number of imidazole rings is 1. The number of benzene rings is 1. The average molecular weight is 433 g/mol. The van der Waals surface area contributed by atoms with Gasteiger partial charge >= 0.3 is 0 Å². The molecule has 0 aliphatic heterocycles. The molecule has 4 rings (SSSR count). The molecule has 3 heterocycles. The van der Waals surface area contributed by atoms with Gasteiger partial charge in [-0.15, -0.1) is 0 Å². The number of nitrogens with one attached hydrogen (secondary N) is 1. The fourth-order valence-corrected chi connectivity index (χ4v) is 3.41. The Morgan fingerprint density at radius 2 is 1.88 bits per heavy atom.